The van der Waals surface area contributed by atoms with Gasteiger partial charge in [-0.3, -0.25) is 14.4 Å². The second-order valence-corrected chi connectivity index (χ2v) is 8.14. The van der Waals surface area contributed by atoms with Crippen LogP contribution in [0.25, 0.3) is 0 Å². The van der Waals surface area contributed by atoms with Crippen LogP contribution < -0.4 is 0 Å². The van der Waals surface area contributed by atoms with Gasteiger partial charge in [0, 0.05) is 17.2 Å². The van der Waals surface area contributed by atoms with E-state index in [9.17, 15) is 14.4 Å². The number of fused-ring (bicyclic) bond motifs is 1. The molecular weight excluding hydrogens is 340 g/mol. The predicted octanol–water partition coefficient (Wildman–Crippen LogP) is 3.33. The Morgan fingerprint density at radius 2 is 1.72 bits per heavy atom. The summed E-state index contributed by atoms with van der Waals surface area (Å²) in [5, 5.41) is 0. The van der Waals surface area contributed by atoms with E-state index in [4.69, 9.17) is 9.47 Å². The van der Waals surface area contributed by atoms with E-state index >= 15 is 0 Å². The van der Waals surface area contributed by atoms with E-state index in [0.29, 0.717) is 12.8 Å². The Hall–Kier alpha value is -1.69. The number of ketones is 1. The standard InChI is InChI=1S/C19H24O5S/c1-23-17(21)19(18(22)24-2)9-8-14-13(11-19)10-15(25-14)16(20)12-6-4-3-5-7-12/h10,12H,3-9,11H2,1-2H3. The normalized spacial score (nSPS) is 19.8. The molecule has 0 aliphatic heterocycles. The second kappa shape index (κ2) is 7.28. The van der Waals surface area contributed by atoms with Gasteiger partial charge < -0.3 is 9.47 Å². The van der Waals surface area contributed by atoms with Crippen LogP contribution in [-0.2, 0) is 31.9 Å². The van der Waals surface area contributed by atoms with E-state index < -0.39 is 17.4 Å². The number of hydrogen-bond acceptors (Lipinski definition) is 6. The molecule has 0 saturated heterocycles. The lowest BCUT2D eigenvalue weighted by molar-refractivity contribution is -0.170. The van der Waals surface area contributed by atoms with Crippen molar-refractivity contribution < 1.29 is 23.9 Å². The first-order chi connectivity index (χ1) is 12.0. The SMILES string of the molecule is COC(=O)C1(C(=O)OC)CCc2sc(C(=O)C3CCCCC3)cc2C1. The molecular formula is C19H24O5S. The van der Waals surface area contributed by atoms with Gasteiger partial charge in [0.2, 0.25) is 0 Å². The van der Waals surface area contributed by atoms with Gasteiger partial charge >= 0.3 is 11.9 Å². The molecule has 2 aliphatic rings. The zero-order valence-corrected chi connectivity index (χ0v) is 15.6. The van der Waals surface area contributed by atoms with E-state index in [1.165, 1.54) is 32.0 Å². The van der Waals surface area contributed by atoms with Crippen LogP contribution in [0.2, 0.25) is 0 Å². The highest BCUT2D eigenvalue weighted by Gasteiger charge is 2.50. The second-order valence-electron chi connectivity index (χ2n) is 7.00. The summed E-state index contributed by atoms with van der Waals surface area (Å²) in [6, 6.07) is 1.89. The van der Waals surface area contributed by atoms with Gasteiger partial charge in [-0.1, -0.05) is 19.3 Å². The van der Waals surface area contributed by atoms with E-state index in [-0.39, 0.29) is 18.1 Å². The van der Waals surface area contributed by atoms with Crippen molar-refractivity contribution in [2.24, 2.45) is 11.3 Å². The average Bonchev–Trinajstić information content (AvgIpc) is 3.09. The van der Waals surface area contributed by atoms with E-state index in [1.54, 1.807) is 0 Å². The third kappa shape index (κ3) is 3.24. The molecule has 136 valence electrons. The summed E-state index contributed by atoms with van der Waals surface area (Å²) < 4.78 is 9.75. The molecule has 0 atom stereocenters. The van der Waals surface area contributed by atoms with Crippen LogP contribution in [0.3, 0.4) is 0 Å². The fourth-order valence-electron chi connectivity index (χ4n) is 4.08. The topological polar surface area (TPSA) is 69.7 Å². The van der Waals surface area contributed by atoms with E-state index in [1.807, 2.05) is 6.07 Å². The van der Waals surface area contributed by atoms with Gasteiger partial charge in [0.05, 0.1) is 19.1 Å². The summed E-state index contributed by atoms with van der Waals surface area (Å²) in [5.74, 6) is -0.770. The Bertz CT molecular complexity index is 668. The maximum atomic E-state index is 12.8. The third-order valence-electron chi connectivity index (χ3n) is 5.54. The van der Waals surface area contributed by atoms with Crippen molar-refractivity contribution in [1.82, 2.24) is 0 Å². The summed E-state index contributed by atoms with van der Waals surface area (Å²) in [7, 11) is 2.57. The number of aryl methyl sites for hydroxylation is 1. The zero-order valence-electron chi connectivity index (χ0n) is 14.8. The summed E-state index contributed by atoms with van der Waals surface area (Å²) in [6.07, 6.45) is 6.58. The number of Topliss-reactive ketones (excluding diaryl/α,β-unsaturated/α-hetero) is 1. The average molecular weight is 364 g/mol. The maximum absolute atomic E-state index is 12.8. The fourth-order valence-corrected chi connectivity index (χ4v) is 5.28. The molecule has 25 heavy (non-hydrogen) atoms. The van der Waals surface area contributed by atoms with Crippen LogP contribution in [0.5, 0.6) is 0 Å². The highest BCUT2D eigenvalue weighted by atomic mass is 32.1. The van der Waals surface area contributed by atoms with Gasteiger partial charge in [0.15, 0.2) is 11.2 Å². The minimum atomic E-state index is -1.29. The lowest BCUT2D eigenvalue weighted by atomic mass is 9.73. The largest absolute Gasteiger partial charge is 0.468 e. The Kier molecular flexibility index (Phi) is 5.27. The van der Waals surface area contributed by atoms with E-state index in [0.717, 1.165) is 41.0 Å². The van der Waals surface area contributed by atoms with Gasteiger partial charge in [-0.25, -0.2) is 0 Å². The van der Waals surface area contributed by atoms with Crippen LogP contribution >= 0.6 is 11.3 Å². The van der Waals surface area contributed by atoms with Crippen molar-refractivity contribution in [1.29, 1.82) is 0 Å². The number of methoxy groups -OCH3 is 2. The molecule has 5 nitrogen and oxygen atoms in total. The van der Waals surface area contributed by atoms with Crippen molar-refractivity contribution in [2.45, 2.75) is 51.4 Å². The summed E-state index contributed by atoms with van der Waals surface area (Å²) >= 11 is 1.52. The molecule has 0 amide bonds. The van der Waals surface area contributed by atoms with Gasteiger partial charge in [-0.2, -0.15) is 0 Å². The van der Waals surface area contributed by atoms with Crippen molar-refractivity contribution in [3.8, 4) is 0 Å². The quantitative estimate of drug-likeness (QED) is 0.466. The van der Waals surface area contributed by atoms with Crippen LogP contribution in [0, 0.1) is 11.3 Å². The first-order valence-electron chi connectivity index (χ1n) is 8.84. The fraction of sp³-hybridized carbons (Fsp3) is 0.632. The molecule has 0 N–H and O–H groups in total. The first kappa shape index (κ1) is 18.1. The number of ether oxygens (including phenoxy) is 2. The summed E-state index contributed by atoms with van der Waals surface area (Å²) in [5.41, 5.74) is -0.380. The summed E-state index contributed by atoms with van der Waals surface area (Å²) in [6.45, 7) is 0. The smallest absolute Gasteiger partial charge is 0.323 e. The van der Waals surface area contributed by atoms with Crippen LogP contribution in [0.15, 0.2) is 6.07 Å². The monoisotopic (exact) mass is 364 g/mol. The minimum absolute atomic E-state index is 0.125. The molecule has 0 spiro atoms. The zero-order chi connectivity index (χ0) is 18.0. The molecule has 6 heteroatoms. The lowest BCUT2D eigenvalue weighted by Gasteiger charge is -2.31. The summed E-state index contributed by atoms with van der Waals surface area (Å²) in [4.78, 5) is 39.3. The molecule has 1 aromatic rings. The predicted molar refractivity (Wildman–Crippen MR) is 93.7 cm³/mol. The van der Waals surface area contributed by atoms with Crippen LogP contribution in [0.1, 0.15) is 58.6 Å². The third-order valence-corrected chi connectivity index (χ3v) is 6.79. The Labute approximate surface area is 151 Å². The molecule has 2 aliphatic carbocycles. The molecule has 1 fully saturated rings. The number of hydrogen-bond donors (Lipinski definition) is 0. The van der Waals surface area contributed by atoms with Crippen molar-refractivity contribution in [3.05, 3.63) is 21.4 Å². The molecule has 0 unspecified atom stereocenters. The minimum Gasteiger partial charge on any atom is -0.468 e. The van der Waals surface area contributed by atoms with Gasteiger partial charge in [-0.15, -0.1) is 11.3 Å². The number of rotatable bonds is 4. The van der Waals surface area contributed by atoms with Crippen molar-refractivity contribution >= 4 is 29.1 Å². The van der Waals surface area contributed by atoms with Crippen LogP contribution in [-0.4, -0.2) is 31.9 Å². The highest BCUT2D eigenvalue weighted by molar-refractivity contribution is 7.14. The molecule has 0 radical (unpaired) electrons. The molecule has 3 rings (SSSR count). The van der Waals surface area contributed by atoms with Crippen molar-refractivity contribution in [3.63, 3.8) is 0 Å². The number of thiophene rings is 1. The van der Waals surface area contributed by atoms with Gasteiger partial charge in [-0.05, 0) is 37.3 Å². The number of carbonyl (C=O) groups is 3. The first-order valence-corrected chi connectivity index (χ1v) is 9.66. The van der Waals surface area contributed by atoms with Crippen molar-refractivity contribution in [2.75, 3.05) is 14.2 Å². The lowest BCUT2D eigenvalue weighted by Crippen LogP contribution is -2.45. The molecule has 1 saturated carbocycles. The molecule has 0 bridgehead atoms. The molecule has 1 heterocycles. The number of carbonyl (C=O) groups excluding carboxylic acids is 3. The highest BCUT2D eigenvalue weighted by Crippen LogP contribution is 2.42. The van der Waals surface area contributed by atoms with Gasteiger partial charge in [0.25, 0.3) is 0 Å². The maximum Gasteiger partial charge on any atom is 0.323 e. The Morgan fingerprint density at radius 1 is 1.08 bits per heavy atom. The Morgan fingerprint density at radius 3 is 2.32 bits per heavy atom. The molecule has 1 aromatic heterocycles. The van der Waals surface area contributed by atoms with E-state index in [2.05, 4.69) is 0 Å². The Balaban J connectivity index is 1.86. The van der Waals surface area contributed by atoms with Gasteiger partial charge in [0.1, 0.15) is 0 Å². The van der Waals surface area contributed by atoms with Crippen LogP contribution in [0.4, 0.5) is 0 Å². The molecule has 0 aromatic carbocycles. The number of esters is 2.